The molecule has 2 aliphatic heterocycles. The minimum Gasteiger partial charge on any atom is -0.467 e. The largest absolute Gasteiger partial charge is 0.467 e. The second-order valence-electron chi connectivity index (χ2n) is 9.83. The maximum atomic E-state index is 13.9. The summed E-state index contributed by atoms with van der Waals surface area (Å²) in [7, 11) is 1.49. The molecule has 1 saturated heterocycles. The molecule has 0 spiro atoms. The summed E-state index contributed by atoms with van der Waals surface area (Å²) in [6.45, 7) is 1.19. The van der Waals surface area contributed by atoms with Gasteiger partial charge in [-0.05, 0) is 25.0 Å². The molecule has 0 aliphatic carbocycles. The van der Waals surface area contributed by atoms with Crippen LogP contribution in [0.15, 0.2) is 41.8 Å². The summed E-state index contributed by atoms with van der Waals surface area (Å²) in [5, 5.41) is 13.1. The van der Waals surface area contributed by atoms with Gasteiger partial charge < -0.3 is 31.5 Å². The first-order valence-electron chi connectivity index (χ1n) is 12.9. The molecule has 0 radical (unpaired) electrons. The maximum absolute atomic E-state index is 13.9. The van der Waals surface area contributed by atoms with E-state index in [0.717, 1.165) is 29.0 Å². The number of aliphatic hydroxyl groups is 1. The van der Waals surface area contributed by atoms with Crippen LogP contribution in [-0.4, -0.2) is 69.0 Å². The number of thioether (sulfide) groups is 1. The van der Waals surface area contributed by atoms with Crippen molar-refractivity contribution in [3.05, 3.63) is 53.6 Å². The molecule has 0 aromatic carbocycles. The number of amides is 1. The Morgan fingerprint density at radius 3 is 2.46 bits per heavy atom. The Balaban J connectivity index is 1.18. The Kier molecular flexibility index (Phi) is 8.31. The fourth-order valence-corrected chi connectivity index (χ4v) is 6.11. The number of pyridine rings is 2. The number of nitrogens with zero attached hydrogens (tertiary/aromatic N) is 5. The predicted octanol–water partition coefficient (Wildman–Crippen LogP) is 2.21. The van der Waals surface area contributed by atoms with Crippen molar-refractivity contribution in [2.45, 2.75) is 47.5 Å². The van der Waals surface area contributed by atoms with Crippen molar-refractivity contribution in [2.24, 2.45) is 11.5 Å². The summed E-state index contributed by atoms with van der Waals surface area (Å²) >= 11 is 0.877. The summed E-state index contributed by atoms with van der Waals surface area (Å²) in [5.74, 6) is -0.590. The summed E-state index contributed by atoms with van der Waals surface area (Å²) in [6, 6.07) is 3.71. The van der Waals surface area contributed by atoms with Gasteiger partial charge in [0.15, 0.2) is 0 Å². The van der Waals surface area contributed by atoms with E-state index in [1.807, 2.05) is 6.07 Å². The van der Waals surface area contributed by atoms with Crippen LogP contribution in [-0.2, 0) is 11.0 Å². The molecule has 5 rings (SSSR count). The van der Waals surface area contributed by atoms with Crippen molar-refractivity contribution >= 4 is 23.5 Å². The van der Waals surface area contributed by atoms with Crippen LogP contribution < -0.4 is 26.4 Å². The number of rotatable bonds is 8. The van der Waals surface area contributed by atoms with Crippen LogP contribution in [0.3, 0.4) is 0 Å². The number of ether oxygens (including phenoxy) is 1. The Hall–Kier alpha value is -3.53. The van der Waals surface area contributed by atoms with Crippen LogP contribution >= 0.6 is 11.8 Å². The van der Waals surface area contributed by atoms with Gasteiger partial charge in [-0.15, -0.1) is 0 Å². The van der Waals surface area contributed by atoms with E-state index >= 15 is 0 Å². The standard InChI is InChI=1S/C26H29F3N8O3S/c1-40-25-34-10-14(11-35-25)13-2-3-17(33-9-13)18(38)12-32-15-4-6-37(7-5-15)19-8-16(26(27,28)29)20-21(30)22(23(31)39)41-24(20)36-19/h2-3,8-11,15,18,21-22,32,38H,4-7,12,30H2,1H3,(H2,31,39). The first-order chi connectivity index (χ1) is 19.5. The number of methoxy groups -OCH3 is 1. The van der Waals surface area contributed by atoms with Crippen LogP contribution in [0, 0.1) is 0 Å². The molecule has 1 amide bonds. The first-order valence-corrected chi connectivity index (χ1v) is 13.8. The highest BCUT2D eigenvalue weighted by Gasteiger charge is 2.45. The highest BCUT2D eigenvalue weighted by molar-refractivity contribution is 8.01. The number of nitrogens with two attached hydrogens (primary N) is 2. The SMILES string of the molecule is COc1ncc(-c2ccc(C(O)CNC3CCN(c4cc(C(F)(F)F)c5c(n4)SC(C(N)=O)C5N)CC3)nc2)cn1. The molecule has 218 valence electrons. The van der Waals surface area contributed by atoms with Crippen molar-refractivity contribution in [1.82, 2.24) is 25.3 Å². The van der Waals surface area contributed by atoms with Gasteiger partial charge in [0.2, 0.25) is 5.91 Å². The van der Waals surface area contributed by atoms with E-state index in [4.69, 9.17) is 16.2 Å². The number of aromatic nitrogens is 4. The van der Waals surface area contributed by atoms with Crippen LogP contribution in [0.1, 0.15) is 41.8 Å². The van der Waals surface area contributed by atoms with Crippen LogP contribution in [0.25, 0.3) is 11.1 Å². The molecule has 15 heteroatoms. The predicted molar refractivity (Wildman–Crippen MR) is 145 cm³/mol. The molecule has 3 aromatic rings. The number of hydrogen-bond donors (Lipinski definition) is 4. The molecule has 0 saturated carbocycles. The second-order valence-corrected chi connectivity index (χ2v) is 11.0. The number of alkyl halides is 3. The van der Waals surface area contributed by atoms with E-state index in [-0.39, 0.29) is 35.0 Å². The molecule has 2 aliphatic rings. The van der Waals surface area contributed by atoms with Gasteiger partial charge in [0, 0.05) is 61.0 Å². The van der Waals surface area contributed by atoms with Gasteiger partial charge in [0.1, 0.15) is 22.2 Å². The number of piperidine rings is 1. The third-order valence-electron chi connectivity index (χ3n) is 7.18. The topological polar surface area (TPSA) is 165 Å². The average Bonchev–Trinajstić information content (AvgIpc) is 3.31. The summed E-state index contributed by atoms with van der Waals surface area (Å²) < 4.78 is 46.8. The second kappa shape index (κ2) is 11.8. The monoisotopic (exact) mass is 590 g/mol. The molecule has 6 N–H and O–H groups in total. The summed E-state index contributed by atoms with van der Waals surface area (Å²) in [4.78, 5) is 30.5. The van der Waals surface area contributed by atoms with Crippen LogP contribution in [0.5, 0.6) is 6.01 Å². The number of carbonyl (C=O) groups is 1. The van der Waals surface area contributed by atoms with E-state index < -0.39 is 35.0 Å². The highest BCUT2D eigenvalue weighted by Crippen LogP contribution is 2.48. The van der Waals surface area contributed by atoms with Gasteiger partial charge >= 0.3 is 12.2 Å². The zero-order chi connectivity index (χ0) is 29.3. The van der Waals surface area contributed by atoms with E-state index in [2.05, 4.69) is 25.3 Å². The number of anilines is 1. The Bertz CT molecular complexity index is 1390. The lowest BCUT2D eigenvalue weighted by Gasteiger charge is -2.34. The number of nitrogens with one attached hydrogen (secondary N) is 1. The molecular weight excluding hydrogens is 561 g/mol. The molecule has 41 heavy (non-hydrogen) atoms. The van der Waals surface area contributed by atoms with E-state index in [1.54, 1.807) is 29.6 Å². The molecule has 11 nitrogen and oxygen atoms in total. The lowest BCUT2D eigenvalue weighted by atomic mass is 9.99. The Morgan fingerprint density at radius 2 is 1.88 bits per heavy atom. The molecule has 3 unspecified atom stereocenters. The van der Waals surface area contributed by atoms with Gasteiger partial charge in [0.25, 0.3) is 0 Å². The highest BCUT2D eigenvalue weighted by atomic mass is 32.2. The molecular formula is C26H29F3N8O3S. The van der Waals surface area contributed by atoms with E-state index in [9.17, 15) is 23.1 Å². The minimum atomic E-state index is -4.66. The Morgan fingerprint density at radius 1 is 1.20 bits per heavy atom. The molecule has 3 aromatic heterocycles. The van der Waals surface area contributed by atoms with Crippen molar-refractivity contribution in [3.8, 4) is 17.1 Å². The summed E-state index contributed by atoms with van der Waals surface area (Å²) in [6.07, 6.45) is 0.651. The quantitative estimate of drug-likeness (QED) is 0.304. The fraction of sp³-hybridized carbons (Fsp3) is 0.423. The van der Waals surface area contributed by atoms with Gasteiger partial charge in [-0.2, -0.15) is 13.2 Å². The molecule has 5 heterocycles. The zero-order valence-corrected chi connectivity index (χ0v) is 22.8. The normalized spacial score (nSPS) is 20.1. The average molecular weight is 591 g/mol. The molecule has 3 atom stereocenters. The van der Waals surface area contributed by atoms with Crippen LogP contribution in [0.4, 0.5) is 19.0 Å². The first kappa shape index (κ1) is 29.0. The van der Waals surface area contributed by atoms with E-state index in [1.165, 1.54) is 7.11 Å². The minimum absolute atomic E-state index is 0.0511. The van der Waals surface area contributed by atoms with Gasteiger partial charge in [-0.3, -0.25) is 9.78 Å². The lowest BCUT2D eigenvalue weighted by molar-refractivity contribution is -0.138. The van der Waals surface area contributed by atoms with Crippen molar-refractivity contribution in [2.75, 3.05) is 31.6 Å². The zero-order valence-electron chi connectivity index (χ0n) is 22.0. The molecule has 1 fully saturated rings. The number of primary amides is 1. The van der Waals surface area contributed by atoms with Crippen molar-refractivity contribution in [3.63, 3.8) is 0 Å². The third-order valence-corrected chi connectivity index (χ3v) is 8.50. The van der Waals surface area contributed by atoms with Crippen molar-refractivity contribution in [1.29, 1.82) is 0 Å². The van der Waals surface area contributed by atoms with Crippen LogP contribution in [0.2, 0.25) is 0 Å². The van der Waals surface area contributed by atoms with Crippen molar-refractivity contribution < 1.29 is 27.8 Å². The van der Waals surface area contributed by atoms with E-state index in [0.29, 0.717) is 31.6 Å². The number of aliphatic hydroxyl groups excluding tert-OH is 1. The summed E-state index contributed by atoms with van der Waals surface area (Å²) in [5.41, 5.74) is 12.3. The lowest BCUT2D eigenvalue weighted by Crippen LogP contribution is -2.44. The fourth-order valence-electron chi connectivity index (χ4n) is 4.95. The Labute approximate surface area is 237 Å². The maximum Gasteiger partial charge on any atom is 0.416 e. The number of fused-ring (bicyclic) bond motifs is 1. The smallest absolute Gasteiger partial charge is 0.416 e. The third kappa shape index (κ3) is 6.22. The van der Waals surface area contributed by atoms with Gasteiger partial charge in [-0.25, -0.2) is 15.0 Å². The number of hydrogen-bond acceptors (Lipinski definition) is 11. The number of halogens is 3. The number of carbonyl (C=O) groups excluding carboxylic acids is 1. The van der Waals surface area contributed by atoms with Gasteiger partial charge in [0.05, 0.1) is 24.4 Å². The van der Waals surface area contributed by atoms with Gasteiger partial charge in [-0.1, -0.05) is 17.8 Å². The molecule has 0 bridgehead atoms.